The topological polar surface area (TPSA) is 0 Å². The van der Waals surface area contributed by atoms with Crippen molar-refractivity contribution < 1.29 is 0 Å². The quantitative estimate of drug-likeness (QED) is 0.530. The lowest BCUT2D eigenvalue weighted by molar-refractivity contribution is 0.585. The second-order valence-corrected chi connectivity index (χ2v) is 3.12. The van der Waals surface area contributed by atoms with Crippen molar-refractivity contribution in [3.8, 4) is 0 Å². The number of hydrogen-bond donors (Lipinski definition) is 0. The smallest absolute Gasteiger partial charge is 0.00311 e. The average molecular weight is 115 g/mol. The third-order valence-electron chi connectivity index (χ3n) is 1.32. The standard InChI is InChI=1S/C6H11S/c1-2-3-6-4-7-5-6/h6H,1-5H2. The Morgan fingerprint density at radius 1 is 1.57 bits per heavy atom. The Bertz CT molecular complexity index is 48.1. The van der Waals surface area contributed by atoms with Gasteiger partial charge in [0.05, 0.1) is 0 Å². The molecule has 0 aromatic heterocycles. The monoisotopic (exact) mass is 115 g/mol. The molecule has 7 heavy (non-hydrogen) atoms. The summed E-state index contributed by atoms with van der Waals surface area (Å²) in [5, 5.41) is 0. The highest BCUT2D eigenvalue weighted by Crippen LogP contribution is 2.27. The first kappa shape index (κ1) is 5.49. The van der Waals surface area contributed by atoms with Crippen LogP contribution < -0.4 is 0 Å². The van der Waals surface area contributed by atoms with Crippen LogP contribution in [0.25, 0.3) is 0 Å². The molecule has 1 aliphatic heterocycles. The van der Waals surface area contributed by atoms with Crippen molar-refractivity contribution in [2.45, 2.75) is 12.8 Å². The van der Waals surface area contributed by atoms with Gasteiger partial charge in [-0.05, 0) is 23.8 Å². The fourth-order valence-corrected chi connectivity index (χ4v) is 1.64. The molecule has 0 aliphatic carbocycles. The summed E-state index contributed by atoms with van der Waals surface area (Å²) in [6.45, 7) is 3.80. The second kappa shape index (κ2) is 2.61. The molecule has 41 valence electrons. The van der Waals surface area contributed by atoms with Gasteiger partial charge >= 0.3 is 0 Å². The molecular formula is C6H11S. The summed E-state index contributed by atoms with van der Waals surface area (Å²) in [7, 11) is 0. The van der Waals surface area contributed by atoms with Crippen LogP contribution in [0.1, 0.15) is 12.8 Å². The van der Waals surface area contributed by atoms with E-state index in [2.05, 4.69) is 18.7 Å². The largest absolute Gasteiger partial charge is 0.161 e. The highest BCUT2D eigenvalue weighted by molar-refractivity contribution is 8.00. The van der Waals surface area contributed by atoms with Crippen LogP contribution in [0.15, 0.2) is 0 Å². The van der Waals surface area contributed by atoms with Crippen molar-refractivity contribution in [2.24, 2.45) is 5.92 Å². The average Bonchev–Trinajstić information content (AvgIpc) is 1.55. The molecule has 1 aliphatic rings. The number of thioether (sulfide) groups is 1. The molecule has 1 saturated heterocycles. The van der Waals surface area contributed by atoms with E-state index in [1.807, 2.05) is 0 Å². The summed E-state index contributed by atoms with van der Waals surface area (Å²) >= 11 is 2.06. The first-order chi connectivity index (χ1) is 3.43. The zero-order valence-corrected chi connectivity index (χ0v) is 5.34. The van der Waals surface area contributed by atoms with Crippen molar-refractivity contribution in [3.05, 3.63) is 6.92 Å². The number of rotatable bonds is 2. The van der Waals surface area contributed by atoms with Gasteiger partial charge in [0.15, 0.2) is 0 Å². The van der Waals surface area contributed by atoms with Crippen LogP contribution in [0.4, 0.5) is 0 Å². The summed E-state index contributed by atoms with van der Waals surface area (Å²) in [4.78, 5) is 0. The Morgan fingerprint density at radius 3 is 2.43 bits per heavy atom. The van der Waals surface area contributed by atoms with Crippen LogP contribution in [-0.4, -0.2) is 11.5 Å². The number of hydrogen-bond acceptors (Lipinski definition) is 1. The third-order valence-corrected chi connectivity index (χ3v) is 2.73. The molecule has 0 saturated carbocycles. The fourth-order valence-electron chi connectivity index (χ4n) is 0.740. The SMILES string of the molecule is [CH2]CCC1CSC1. The highest BCUT2D eigenvalue weighted by Gasteiger charge is 2.15. The van der Waals surface area contributed by atoms with Gasteiger partial charge < -0.3 is 0 Å². The third kappa shape index (κ3) is 1.37. The Kier molecular flexibility index (Phi) is 2.04. The second-order valence-electron chi connectivity index (χ2n) is 2.05. The van der Waals surface area contributed by atoms with Crippen LogP contribution in [0, 0.1) is 12.8 Å². The van der Waals surface area contributed by atoms with Gasteiger partial charge in [0.2, 0.25) is 0 Å². The lowest BCUT2D eigenvalue weighted by Gasteiger charge is -2.23. The van der Waals surface area contributed by atoms with E-state index < -0.39 is 0 Å². The molecule has 1 radical (unpaired) electrons. The predicted octanol–water partition coefficient (Wildman–Crippen LogP) is 1.96. The van der Waals surface area contributed by atoms with Crippen molar-refractivity contribution in [3.63, 3.8) is 0 Å². The molecule has 0 aromatic carbocycles. The Labute approximate surface area is 49.7 Å². The first-order valence-electron chi connectivity index (χ1n) is 2.80. The molecule has 0 bridgehead atoms. The minimum atomic E-state index is 1.03. The van der Waals surface area contributed by atoms with E-state index in [9.17, 15) is 0 Å². The molecule has 0 amide bonds. The summed E-state index contributed by atoms with van der Waals surface area (Å²) in [5.74, 6) is 3.83. The zero-order valence-electron chi connectivity index (χ0n) is 4.52. The minimum absolute atomic E-state index is 1.03. The minimum Gasteiger partial charge on any atom is -0.161 e. The van der Waals surface area contributed by atoms with Crippen LogP contribution >= 0.6 is 11.8 Å². The predicted molar refractivity (Wildman–Crippen MR) is 35.4 cm³/mol. The van der Waals surface area contributed by atoms with Crippen LogP contribution in [0.5, 0.6) is 0 Å². The first-order valence-corrected chi connectivity index (χ1v) is 3.96. The fraction of sp³-hybridized carbons (Fsp3) is 0.833. The lowest BCUT2D eigenvalue weighted by Crippen LogP contribution is -2.16. The maximum Gasteiger partial charge on any atom is -0.00311 e. The molecular weight excluding hydrogens is 104 g/mol. The van der Waals surface area contributed by atoms with Crippen molar-refractivity contribution >= 4 is 11.8 Å². The normalized spacial score (nSPS) is 21.9. The molecule has 0 unspecified atom stereocenters. The van der Waals surface area contributed by atoms with Gasteiger partial charge in [0.1, 0.15) is 0 Å². The van der Waals surface area contributed by atoms with E-state index in [1.165, 1.54) is 17.9 Å². The molecule has 0 aromatic rings. The van der Waals surface area contributed by atoms with Gasteiger partial charge in [-0.2, -0.15) is 11.8 Å². The Balaban J connectivity index is 1.93. The maximum atomic E-state index is 3.80. The molecule has 0 N–H and O–H groups in total. The van der Waals surface area contributed by atoms with Crippen LogP contribution in [0.2, 0.25) is 0 Å². The van der Waals surface area contributed by atoms with Gasteiger partial charge in [0.25, 0.3) is 0 Å². The van der Waals surface area contributed by atoms with Gasteiger partial charge in [0, 0.05) is 0 Å². The molecule has 1 heterocycles. The molecule has 1 heteroatoms. The van der Waals surface area contributed by atoms with E-state index >= 15 is 0 Å². The Hall–Kier alpha value is 0.350. The Morgan fingerprint density at radius 2 is 2.29 bits per heavy atom. The van der Waals surface area contributed by atoms with E-state index in [-0.39, 0.29) is 0 Å². The van der Waals surface area contributed by atoms with Crippen LogP contribution in [0.3, 0.4) is 0 Å². The molecule has 0 atom stereocenters. The van der Waals surface area contributed by atoms with Gasteiger partial charge in [-0.25, -0.2) is 0 Å². The van der Waals surface area contributed by atoms with Gasteiger partial charge in [-0.1, -0.05) is 13.3 Å². The molecule has 0 nitrogen and oxygen atoms in total. The summed E-state index contributed by atoms with van der Waals surface area (Å²) in [5.41, 5.74) is 0. The van der Waals surface area contributed by atoms with Crippen LogP contribution in [-0.2, 0) is 0 Å². The highest BCUT2D eigenvalue weighted by atomic mass is 32.2. The lowest BCUT2D eigenvalue weighted by atomic mass is 10.1. The van der Waals surface area contributed by atoms with E-state index in [4.69, 9.17) is 0 Å². The summed E-state index contributed by atoms with van der Waals surface area (Å²) in [6, 6.07) is 0. The van der Waals surface area contributed by atoms with E-state index in [0.29, 0.717) is 0 Å². The van der Waals surface area contributed by atoms with Crippen molar-refractivity contribution in [1.82, 2.24) is 0 Å². The van der Waals surface area contributed by atoms with Gasteiger partial charge in [-0.15, -0.1) is 0 Å². The molecule has 1 rings (SSSR count). The van der Waals surface area contributed by atoms with E-state index in [0.717, 1.165) is 12.3 Å². The zero-order chi connectivity index (χ0) is 5.11. The molecule has 0 spiro atoms. The molecule has 1 fully saturated rings. The van der Waals surface area contributed by atoms with Gasteiger partial charge in [-0.3, -0.25) is 0 Å². The summed E-state index contributed by atoms with van der Waals surface area (Å²) < 4.78 is 0. The van der Waals surface area contributed by atoms with Crippen molar-refractivity contribution in [2.75, 3.05) is 11.5 Å². The maximum absolute atomic E-state index is 3.80. The summed E-state index contributed by atoms with van der Waals surface area (Å²) in [6.07, 6.45) is 2.48. The van der Waals surface area contributed by atoms with E-state index in [1.54, 1.807) is 0 Å². The van der Waals surface area contributed by atoms with Crippen molar-refractivity contribution in [1.29, 1.82) is 0 Å².